The number of para-hydroxylation sites is 1. The van der Waals surface area contributed by atoms with Crippen molar-refractivity contribution in [2.75, 3.05) is 0 Å². The zero-order chi connectivity index (χ0) is 19.0. The second kappa shape index (κ2) is 6.85. The van der Waals surface area contributed by atoms with Crippen LogP contribution in [0, 0.1) is 20.8 Å². The molecule has 3 heterocycles. The number of furan rings is 1. The highest BCUT2D eigenvalue weighted by Crippen LogP contribution is 2.25. The Morgan fingerprint density at radius 2 is 2.11 bits per heavy atom. The Kier molecular flexibility index (Phi) is 4.37. The van der Waals surface area contributed by atoms with E-state index in [0.29, 0.717) is 5.58 Å². The molecule has 1 aromatic carbocycles. The second-order valence-electron chi connectivity index (χ2n) is 6.23. The Balaban J connectivity index is 1.55. The van der Waals surface area contributed by atoms with Crippen molar-refractivity contribution >= 4 is 34.4 Å². The molecule has 27 heavy (non-hydrogen) atoms. The van der Waals surface area contributed by atoms with Crippen LogP contribution in [0.4, 0.5) is 0 Å². The fourth-order valence-corrected chi connectivity index (χ4v) is 3.89. The van der Waals surface area contributed by atoms with Gasteiger partial charge in [-0.2, -0.15) is 5.10 Å². The number of hydrogen-bond donors (Lipinski definition) is 1. The van der Waals surface area contributed by atoms with Crippen molar-refractivity contribution in [3.63, 3.8) is 0 Å². The number of carbonyl (C=O) groups excluding carboxylic acids is 1. The number of thiazole rings is 1. The Bertz CT molecular complexity index is 1150. The van der Waals surface area contributed by atoms with Crippen molar-refractivity contribution in [2.45, 2.75) is 20.8 Å². The summed E-state index contributed by atoms with van der Waals surface area (Å²) >= 11 is 1.57. The van der Waals surface area contributed by atoms with Crippen LogP contribution in [0.1, 0.15) is 33.1 Å². The molecule has 4 aromatic rings. The Labute approximate surface area is 160 Å². The summed E-state index contributed by atoms with van der Waals surface area (Å²) in [7, 11) is 0. The van der Waals surface area contributed by atoms with Crippen molar-refractivity contribution in [3.05, 3.63) is 70.2 Å². The van der Waals surface area contributed by atoms with Crippen LogP contribution in [-0.4, -0.2) is 21.7 Å². The number of hydrogen-bond acceptors (Lipinski definition) is 5. The summed E-state index contributed by atoms with van der Waals surface area (Å²) in [6, 6.07) is 9.59. The van der Waals surface area contributed by atoms with Crippen molar-refractivity contribution in [3.8, 4) is 5.13 Å². The molecular weight excluding hydrogens is 360 g/mol. The van der Waals surface area contributed by atoms with Gasteiger partial charge in [-0.1, -0.05) is 18.2 Å². The number of nitrogens with one attached hydrogen (secondary N) is 1. The lowest BCUT2D eigenvalue weighted by molar-refractivity contribution is 0.0929. The van der Waals surface area contributed by atoms with E-state index in [-0.39, 0.29) is 11.7 Å². The monoisotopic (exact) mass is 378 g/mol. The molecule has 0 aliphatic heterocycles. The molecule has 7 heteroatoms. The third-order valence-electron chi connectivity index (χ3n) is 4.50. The molecule has 0 spiro atoms. The van der Waals surface area contributed by atoms with Crippen molar-refractivity contribution in [1.82, 2.24) is 15.0 Å². The van der Waals surface area contributed by atoms with Crippen LogP contribution in [0.25, 0.3) is 16.1 Å². The van der Waals surface area contributed by atoms with Crippen LogP contribution < -0.4 is 5.43 Å². The van der Waals surface area contributed by atoms with Crippen LogP contribution in [0.15, 0.2) is 51.4 Å². The Morgan fingerprint density at radius 3 is 2.85 bits per heavy atom. The first-order chi connectivity index (χ1) is 13.1. The maximum absolute atomic E-state index is 12.4. The smallest absolute Gasteiger partial charge is 0.307 e. The molecule has 4 rings (SSSR count). The molecule has 0 fully saturated rings. The molecule has 0 unspecified atom stereocenters. The first-order valence-electron chi connectivity index (χ1n) is 8.46. The van der Waals surface area contributed by atoms with E-state index in [1.165, 1.54) is 0 Å². The van der Waals surface area contributed by atoms with Gasteiger partial charge in [-0.3, -0.25) is 9.36 Å². The van der Waals surface area contributed by atoms with E-state index in [1.54, 1.807) is 23.7 Å². The summed E-state index contributed by atoms with van der Waals surface area (Å²) in [4.78, 5) is 16.8. The van der Waals surface area contributed by atoms with Gasteiger partial charge in [0.1, 0.15) is 5.58 Å². The van der Waals surface area contributed by atoms with Gasteiger partial charge in [-0.05, 0) is 32.9 Å². The molecule has 0 aliphatic carbocycles. The van der Waals surface area contributed by atoms with E-state index in [0.717, 1.165) is 33.0 Å². The zero-order valence-corrected chi connectivity index (χ0v) is 16.0. The number of rotatable bonds is 4. The van der Waals surface area contributed by atoms with E-state index in [1.807, 2.05) is 56.5 Å². The lowest BCUT2D eigenvalue weighted by Gasteiger charge is -2.04. The molecule has 6 nitrogen and oxygen atoms in total. The standard InChI is InChI=1S/C20H18N4O2S/c1-12-10-15(14(3)24(12)20-21-8-9-27-20)11-22-23-19(25)18-13(2)16-6-4-5-7-17(16)26-18/h4-11H,1-3H3,(H,23,25)/b22-11-. The van der Waals surface area contributed by atoms with Crippen molar-refractivity contribution in [1.29, 1.82) is 0 Å². The second-order valence-corrected chi connectivity index (χ2v) is 7.10. The highest BCUT2D eigenvalue weighted by molar-refractivity contribution is 7.12. The minimum absolute atomic E-state index is 0.279. The van der Waals surface area contributed by atoms with Crippen molar-refractivity contribution in [2.24, 2.45) is 5.10 Å². The summed E-state index contributed by atoms with van der Waals surface area (Å²) in [6.45, 7) is 5.88. The maximum Gasteiger partial charge on any atom is 0.307 e. The van der Waals surface area contributed by atoms with Crippen LogP contribution in [0.2, 0.25) is 0 Å². The zero-order valence-electron chi connectivity index (χ0n) is 15.2. The first kappa shape index (κ1) is 17.2. The molecule has 0 bridgehead atoms. The van der Waals surface area contributed by atoms with E-state index in [9.17, 15) is 4.79 Å². The summed E-state index contributed by atoms with van der Waals surface area (Å²) in [5.41, 5.74) is 7.04. The molecule has 0 atom stereocenters. The van der Waals surface area contributed by atoms with Crippen LogP contribution >= 0.6 is 11.3 Å². The SMILES string of the molecule is Cc1c(C(=O)N/N=C\c2cc(C)n(-c3nccs3)c2C)oc2ccccc12. The highest BCUT2D eigenvalue weighted by Gasteiger charge is 2.17. The number of benzene rings is 1. The molecular formula is C20H18N4O2S. The minimum atomic E-state index is -0.367. The molecule has 1 N–H and O–H groups in total. The molecule has 0 saturated heterocycles. The van der Waals surface area contributed by atoms with Gasteiger partial charge in [-0.25, -0.2) is 10.4 Å². The van der Waals surface area contributed by atoms with Gasteiger partial charge >= 0.3 is 5.91 Å². The number of aromatic nitrogens is 2. The fourth-order valence-electron chi connectivity index (χ4n) is 3.14. The average molecular weight is 378 g/mol. The van der Waals surface area contributed by atoms with Crippen molar-refractivity contribution < 1.29 is 9.21 Å². The topological polar surface area (TPSA) is 72.4 Å². The summed E-state index contributed by atoms with van der Waals surface area (Å²) in [5.74, 6) is -0.0877. The quantitative estimate of drug-likeness (QED) is 0.423. The van der Waals surface area contributed by atoms with E-state index in [4.69, 9.17) is 4.42 Å². The molecule has 3 aromatic heterocycles. The predicted octanol–water partition coefficient (Wildman–Crippen LogP) is 4.37. The third kappa shape index (κ3) is 3.06. The van der Waals surface area contributed by atoms with Gasteiger partial charge in [0.2, 0.25) is 0 Å². The lowest BCUT2D eigenvalue weighted by atomic mass is 10.1. The fraction of sp³-hybridized carbons (Fsp3) is 0.150. The van der Waals surface area contributed by atoms with E-state index < -0.39 is 0 Å². The molecule has 0 saturated carbocycles. The van der Waals surface area contributed by atoms with Gasteiger partial charge in [0.25, 0.3) is 0 Å². The minimum Gasteiger partial charge on any atom is -0.451 e. The highest BCUT2D eigenvalue weighted by atomic mass is 32.1. The average Bonchev–Trinajstić information content (AvgIpc) is 3.35. The summed E-state index contributed by atoms with van der Waals surface area (Å²) < 4.78 is 7.73. The molecule has 0 radical (unpaired) electrons. The largest absolute Gasteiger partial charge is 0.451 e. The third-order valence-corrected chi connectivity index (χ3v) is 5.26. The number of fused-ring (bicyclic) bond motifs is 1. The lowest BCUT2D eigenvalue weighted by Crippen LogP contribution is -2.17. The predicted molar refractivity (Wildman–Crippen MR) is 107 cm³/mol. The molecule has 1 amide bonds. The van der Waals surface area contributed by atoms with E-state index >= 15 is 0 Å². The number of nitrogens with zero attached hydrogens (tertiary/aromatic N) is 3. The summed E-state index contributed by atoms with van der Waals surface area (Å²) in [5, 5.41) is 7.89. The molecule has 136 valence electrons. The summed E-state index contributed by atoms with van der Waals surface area (Å²) in [6.07, 6.45) is 3.42. The number of hydrazone groups is 1. The first-order valence-corrected chi connectivity index (χ1v) is 9.34. The Hall–Kier alpha value is -3.19. The van der Waals surface area contributed by atoms with Gasteiger partial charge in [-0.15, -0.1) is 11.3 Å². The molecule has 0 aliphatic rings. The van der Waals surface area contributed by atoms with Crippen LogP contribution in [-0.2, 0) is 0 Å². The van der Waals surface area contributed by atoms with E-state index in [2.05, 4.69) is 20.1 Å². The Morgan fingerprint density at radius 1 is 1.30 bits per heavy atom. The van der Waals surface area contributed by atoms with Gasteiger partial charge in [0, 0.05) is 39.5 Å². The van der Waals surface area contributed by atoms with Gasteiger partial charge in [0.05, 0.1) is 6.21 Å². The number of carbonyl (C=O) groups is 1. The van der Waals surface area contributed by atoms with Crippen LogP contribution in [0.3, 0.4) is 0 Å². The maximum atomic E-state index is 12.4. The van der Waals surface area contributed by atoms with Gasteiger partial charge in [0.15, 0.2) is 10.9 Å². The van der Waals surface area contributed by atoms with Crippen LogP contribution in [0.5, 0.6) is 0 Å². The number of aryl methyl sites for hydroxylation is 2. The number of amides is 1. The normalized spacial score (nSPS) is 11.5. The van der Waals surface area contributed by atoms with Gasteiger partial charge < -0.3 is 4.42 Å².